The van der Waals surface area contributed by atoms with Crippen molar-refractivity contribution in [3.8, 4) is 5.75 Å². The number of ether oxygens (including phenoxy) is 1. The summed E-state index contributed by atoms with van der Waals surface area (Å²) in [7, 11) is 0. The van der Waals surface area contributed by atoms with E-state index in [4.69, 9.17) is 4.74 Å². The minimum atomic E-state index is -1.40. The summed E-state index contributed by atoms with van der Waals surface area (Å²) in [5.41, 5.74) is 2.46. The van der Waals surface area contributed by atoms with Crippen LogP contribution in [0.15, 0.2) is 12.1 Å². The van der Waals surface area contributed by atoms with Gasteiger partial charge < -0.3 is 14.9 Å². The lowest BCUT2D eigenvalue weighted by atomic mass is 9.63. The van der Waals surface area contributed by atoms with E-state index in [-0.39, 0.29) is 41.5 Å². The van der Waals surface area contributed by atoms with Crippen molar-refractivity contribution in [1.82, 2.24) is 4.90 Å². The number of phenolic OH excluding ortho intramolecular Hbond substituents is 1. The third kappa shape index (κ3) is 3.52. The molecule has 2 aliphatic carbocycles. The predicted octanol–water partition coefficient (Wildman–Crippen LogP) is 4.53. The fourth-order valence-corrected chi connectivity index (χ4v) is 7.27. The normalized spacial score (nSPS) is 36.8. The second-order valence-electron chi connectivity index (χ2n) is 10.9. The van der Waals surface area contributed by atoms with Gasteiger partial charge in [-0.05, 0) is 74.8 Å². The van der Waals surface area contributed by atoms with Crippen LogP contribution >= 0.6 is 0 Å². The molecule has 1 aromatic rings. The van der Waals surface area contributed by atoms with Crippen LogP contribution in [0.2, 0.25) is 0 Å². The number of carbonyl (C=O) groups is 2. The molecular formula is C27H37NO5. The summed E-state index contributed by atoms with van der Waals surface area (Å²) in [5.74, 6) is -2.62. The molecule has 6 atom stereocenters. The highest BCUT2D eigenvalue weighted by molar-refractivity contribution is 6.05. The van der Waals surface area contributed by atoms with Crippen LogP contribution in [0.4, 0.5) is 0 Å². The fraction of sp³-hybridized carbons (Fsp3) is 0.704. The molecule has 0 radical (unpaired) electrons. The van der Waals surface area contributed by atoms with Crippen molar-refractivity contribution in [3.05, 3.63) is 28.8 Å². The second kappa shape index (κ2) is 8.38. The standard InChI is InChI=1S/C27H37NO5/c1-4-8-18-13-20-23(26(31)28(25(20)30)19-9-6-5-7-10-19)21-14-22(33-27(18,21)32)17-11-15(2)24(29)16(3)12-17/h11-12,18-23,29,32H,4-10,13-14H2,1-3H3/t18-,20-,21-,22-,23-,27+/m0/s1. The van der Waals surface area contributed by atoms with Crippen LogP contribution in [-0.2, 0) is 14.3 Å². The van der Waals surface area contributed by atoms with Crippen molar-refractivity contribution in [2.24, 2.45) is 23.7 Å². The molecule has 0 aromatic heterocycles. The van der Waals surface area contributed by atoms with Crippen LogP contribution in [0.1, 0.15) is 87.5 Å². The summed E-state index contributed by atoms with van der Waals surface area (Å²) < 4.78 is 6.42. The molecule has 2 N–H and O–H groups in total. The van der Waals surface area contributed by atoms with Crippen LogP contribution in [0, 0.1) is 37.5 Å². The van der Waals surface area contributed by atoms with Crippen LogP contribution in [0.3, 0.4) is 0 Å². The maximum Gasteiger partial charge on any atom is 0.233 e. The van der Waals surface area contributed by atoms with E-state index < -0.39 is 17.6 Å². The first-order chi connectivity index (χ1) is 15.8. The Labute approximate surface area is 196 Å². The Hall–Kier alpha value is -1.92. The molecule has 2 saturated heterocycles. The first kappa shape index (κ1) is 22.9. The Balaban J connectivity index is 1.49. The maximum absolute atomic E-state index is 13.7. The lowest BCUT2D eigenvalue weighted by Gasteiger charge is -2.44. The minimum Gasteiger partial charge on any atom is -0.507 e. The molecule has 6 nitrogen and oxygen atoms in total. The van der Waals surface area contributed by atoms with Gasteiger partial charge in [-0.15, -0.1) is 0 Å². The van der Waals surface area contributed by atoms with Crippen molar-refractivity contribution >= 4 is 11.8 Å². The van der Waals surface area contributed by atoms with Gasteiger partial charge in [0, 0.05) is 17.9 Å². The number of benzene rings is 1. The molecule has 0 bridgehead atoms. The second-order valence-corrected chi connectivity index (χ2v) is 10.9. The van der Waals surface area contributed by atoms with Gasteiger partial charge in [0.15, 0.2) is 5.79 Å². The van der Waals surface area contributed by atoms with Gasteiger partial charge in [-0.1, -0.05) is 32.6 Å². The molecule has 2 amide bonds. The number of likely N-dealkylation sites (tertiary alicyclic amines) is 1. The molecule has 1 aromatic carbocycles. The van der Waals surface area contributed by atoms with E-state index in [9.17, 15) is 19.8 Å². The lowest BCUT2D eigenvalue weighted by Crippen LogP contribution is -2.53. The van der Waals surface area contributed by atoms with E-state index in [1.54, 1.807) is 4.90 Å². The molecule has 0 spiro atoms. The maximum atomic E-state index is 13.7. The minimum absolute atomic E-state index is 0.0141. The average Bonchev–Trinajstić information content (AvgIpc) is 3.27. The highest BCUT2D eigenvalue weighted by Gasteiger charge is 2.66. The summed E-state index contributed by atoms with van der Waals surface area (Å²) in [4.78, 5) is 28.8. The monoisotopic (exact) mass is 455 g/mol. The van der Waals surface area contributed by atoms with Crippen molar-refractivity contribution < 1.29 is 24.5 Å². The topological polar surface area (TPSA) is 87.1 Å². The summed E-state index contributed by atoms with van der Waals surface area (Å²) in [5, 5.41) is 22.1. The van der Waals surface area contributed by atoms with Gasteiger partial charge in [0.1, 0.15) is 5.75 Å². The molecule has 5 rings (SSSR count). The van der Waals surface area contributed by atoms with Crippen molar-refractivity contribution in [1.29, 1.82) is 0 Å². The van der Waals surface area contributed by atoms with Crippen molar-refractivity contribution in [2.75, 3.05) is 0 Å². The fourth-order valence-electron chi connectivity index (χ4n) is 7.27. The smallest absolute Gasteiger partial charge is 0.233 e. The number of fused-ring (bicyclic) bond motifs is 3. The van der Waals surface area contributed by atoms with Gasteiger partial charge in [0.05, 0.1) is 17.9 Å². The molecule has 6 heteroatoms. The number of hydrogen-bond acceptors (Lipinski definition) is 5. The number of aromatic hydroxyl groups is 1. The molecular weight excluding hydrogens is 418 g/mol. The van der Waals surface area contributed by atoms with E-state index in [0.717, 1.165) is 55.2 Å². The summed E-state index contributed by atoms with van der Waals surface area (Å²) >= 11 is 0. The third-order valence-corrected chi connectivity index (χ3v) is 8.86. The van der Waals surface area contributed by atoms with Gasteiger partial charge in [-0.3, -0.25) is 14.5 Å². The molecule has 33 heavy (non-hydrogen) atoms. The number of amides is 2. The number of nitrogens with zero attached hydrogens (tertiary/aromatic N) is 1. The largest absolute Gasteiger partial charge is 0.507 e. The van der Waals surface area contributed by atoms with E-state index in [0.29, 0.717) is 12.8 Å². The summed E-state index contributed by atoms with van der Waals surface area (Å²) in [6.07, 6.45) is 7.41. The van der Waals surface area contributed by atoms with Crippen LogP contribution in [0.5, 0.6) is 5.75 Å². The van der Waals surface area contributed by atoms with Crippen LogP contribution < -0.4 is 0 Å². The van der Waals surface area contributed by atoms with Crippen LogP contribution in [0.25, 0.3) is 0 Å². The number of carbonyl (C=O) groups excluding carboxylic acids is 2. The van der Waals surface area contributed by atoms with Gasteiger partial charge in [-0.25, -0.2) is 0 Å². The Morgan fingerprint density at radius 1 is 1.06 bits per heavy atom. The van der Waals surface area contributed by atoms with Gasteiger partial charge >= 0.3 is 0 Å². The highest BCUT2D eigenvalue weighted by atomic mass is 16.6. The first-order valence-corrected chi connectivity index (χ1v) is 12.8. The van der Waals surface area contributed by atoms with E-state index in [2.05, 4.69) is 6.92 Å². The molecule has 180 valence electrons. The number of aliphatic hydroxyl groups is 1. The quantitative estimate of drug-likeness (QED) is 0.652. The van der Waals surface area contributed by atoms with E-state index in [1.807, 2.05) is 26.0 Å². The summed E-state index contributed by atoms with van der Waals surface area (Å²) in [6, 6.07) is 3.84. The first-order valence-electron chi connectivity index (χ1n) is 12.8. The van der Waals surface area contributed by atoms with Gasteiger partial charge in [0.25, 0.3) is 0 Å². The molecule has 2 heterocycles. The Morgan fingerprint density at radius 2 is 1.73 bits per heavy atom. The number of hydrogen-bond donors (Lipinski definition) is 2. The zero-order chi connectivity index (χ0) is 23.5. The number of rotatable bonds is 4. The van der Waals surface area contributed by atoms with Crippen molar-refractivity contribution in [3.63, 3.8) is 0 Å². The predicted molar refractivity (Wildman–Crippen MR) is 123 cm³/mol. The SMILES string of the molecule is CCC[C@H]1C[C@@H]2C(=O)N(C3CCCCC3)C(=O)[C@@H]2[C@@H]2C[C@@H](c3cc(C)c(O)c(C)c3)O[C@]12O. The molecule has 2 aliphatic heterocycles. The molecule has 2 saturated carbocycles. The number of aryl methyl sites for hydroxylation is 2. The van der Waals surface area contributed by atoms with E-state index >= 15 is 0 Å². The van der Waals surface area contributed by atoms with Crippen molar-refractivity contribution in [2.45, 2.75) is 96.5 Å². The summed E-state index contributed by atoms with van der Waals surface area (Å²) in [6.45, 7) is 5.80. The molecule has 4 fully saturated rings. The Morgan fingerprint density at radius 3 is 2.36 bits per heavy atom. The highest BCUT2D eigenvalue weighted by Crippen LogP contribution is 2.59. The van der Waals surface area contributed by atoms with E-state index in [1.165, 1.54) is 6.42 Å². The zero-order valence-electron chi connectivity index (χ0n) is 20.0. The molecule has 0 unspecified atom stereocenters. The number of imide groups is 1. The third-order valence-electron chi connectivity index (χ3n) is 8.86. The average molecular weight is 456 g/mol. The molecule has 4 aliphatic rings. The zero-order valence-corrected chi connectivity index (χ0v) is 20.0. The van der Waals surface area contributed by atoms with Gasteiger partial charge in [0.2, 0.25) is 11.8 Å². The Kier molecular flexibility index (Phi) is 5.81. The lowest BCUT2D eigenvalue weighted by molar-refractivity contribution is -0.270. The van der Waals surface area contributed by atoms with Crippen LogP contribution in [-0.4, -0.2) is 38.8 Å². The Bertz CT molecular complexity index is 931. The number of phenols is 1. The van der Waals surface area contributed by atoms with Gasteiger partial charge in [-0.2, -0.15) is 0 Å².